The average Bonchev–Trinajstić information content (AvgIpc) is 2.15. The second-order valence-electron chi connectivity index (χ2n) is 2.98. The van der Waals surface area contributed by atoms with Gasteiger partial charge in [-0.05, 0) is 18.2 Å². The summed E-state index contributed by atoms with van der Waals surface area (Å²) in [6.45, 7) is 0. The maximum absolute atomic E-state index is 11.0. The lowest BCUT2D eigenvalue weighted by Crippen LogP contribution is -2.25. The summed E-state index contributed by atoms with van der Waals surface area (Å²) in [5, 5.41) is 3.29. The molecule has 82 valence electrons. The van der Waals surface area contributed by atoms with Crippen molar-refractivity contribution in [2.24, 2.45) is 0 Å². The molecule has 3 N–H and O–H groups in total. The second kappa shape index (κ2) is 4.19. The van der Waals surface area contributed by atoms with Crippen molar-refractivity contribution in [1.29, 1.82) is 0 Å². The Labute approximate surface area is 94.3 Å². The molecule has 7 heteroatoms. The number of benzene rings is 1. The number of H-pyrrole nitrogens is 2. The highest BCUT2D eigenvalue weighted by Crippen LogP contribution is 2.16. The van der Waals surface area contributed by atoms with Gasteiger partial charge in [-0.1, -0.05) is 17.7 Å². The summed E-state index contributed by atoms with van der Waals surface area (Å²) in [5.74, 6) is 0.0658. The smallest absolute Gasteiger partial charge is 0.325 e. The van der Waals surface area contributed by atoms with E-state index in [9.17, 15) is 9.59 Å². The van der Waals surface area contributed by atoms with Gasteiger partial charge in [0.05, 0.1) is 0 Å². The van der Waals surface area contributed by atoms with Crippen molar-refractivity contribution in [3.63, 3.8) is 0 Å². The normalized spacial score (nSPS) is 10.1. The van der Waals surface area contributed by atoms with Gasteiger partial charge in [-0.25, -0.2) is 9.59 Å². The van der Waals surface area contributed by atoms with Crippen molar-refractivity contribution in [1.82, 2.24) is 15.0 Å². The molecule has 0 spiro atoms. The third kappa shape index (κ3) is 2.48. The molecule has 6 nitrogen and oxygen atoms in total. The van der Waals surface area contributed by atoms with Crippen LogP contribution in [0.5, 0.6) is 0 Å². The Balaban J connectivity index is 2.34. The lowest BCUT2D eigenvalue weighted by Gasteiger charge is -2.03. The molecule has 1 aromatic carbocycles. The van der Waals surface area contributed by atoms with Crippen molar-refractivity contribution >= 4 is 23.2 Å². The number of rotatable bonds is 2. The van der Waals surface area contributed by atoms with Crippen LogP contribution in [0, 0.1) is 0 Å². The number of nitrogens with one attached hydrogen (secondary N) is 3. The molecular formula is C9H7ClN4O2. The number of aromatic nitrogens is 3. The van der Waals surface area contributed by atoms with Crippen molar-refractivity contribution in [2.75, 3.05) is 5.32 Å². The molecule has 0 fully saturated rings. The topological polar surface area (TPSA) is 90.6 Å². The zero-order chi connectivity index (χ0) is 11.5. The third-order valence-electron chi connectivity index (χ3n) is 1.75. The number of halogens is 1. The highest BCUT2D eigenvalue weighted by Gasteiger charge is 1.99. The highest BCUT2D eigenvalue weighted by molar-refractivity contribution is 6.30. The van der Waals surface area contributed by atoms with E-state index in [-0.39, 0.29) is 5.95 Å². The number of anilines is 2. The van der Waals surface area contributed by atoms with E-state index in [2.05, 4.69) is 15.3 Å². The van der Waals surface area contributed by atoms with E-state index in [1.165, 1.54) is 0 Å². The van der Waals surface area contributed by atoms with Crippen LogP contribution in [0.1, 0.15) is 0 Å². The molecule has 1 aromatic heterocycles. The summed E-state index contributed by atoms with van der Waals surface area (Å²) >= 11 is 5.77. The molecule has 0 unspecified atom stereocenters. The first kappa shape index (κ1) is 10.4. The third-order valence-corrected chi connectivity index (χ3v) is 1.99. The minimum Gasteiger partial charge on any atom is -0.325 e. The van der Waals surface area contributed by atoms with Gasteiger partial charge in [-0.3, -0.25) is 9.97 Å². The largest absolute Gasteiger partial charge is 0.352 e. The van der Waals surface area contributed by atoms with E-state index in [0.29, 0.717) is 10.7 Å². The van der Waals surface area contributed by atoms with Crippen LogP contribution in [-0.2, 0) is 0 Å². The van der Waals surface area contributed by atoms with E-state index >= 15 is 0 Å². The number of aromatic amines is 2. The Morgan fingerprint density at radius 1 is 1.25 bits per heavy atom. The number of hydrogen-bond acceptors (Lipinski definition) is 4. The Hall–Kier alpha value is -2.08. The molecular weight excluding hydrogens is 232 g/mol. The van der Waals surface area contributed by atoms with Crippen LogP contribution >= 0.6 is 11.6 Å². The fourth-order valence-electron chi connectivity index (χ4n) is 1.16. The summed E-state index contributed by atoms with van der Waals surface area (Å²) in [7, 11) is 0. The van der Waals surface area contributed by atoms with E-state index in [0.717, 1.165) is 0 Å². The average molecular weight is 239 g/mol. The first-order valence-corrected chi connectivity index (χ1v) is 4.74. The van der Waals surface area contributed by atoms with Gasteiger partial charge in [0.15, 0.2) is 0 Å². The molecule has 0 aliphatic heterocycles. The highest BCUT2D eigenvalue weighted by atomic mass is 35.5. The molecule has 2 rings (SSSR count). The summed E-state index contributed by atoms with van der Waals surface area (Å²) < 4.78 is 0. The van der Waals surface area contributed by atoms with Crippen LogP contribution in [0.25, 0.3) is 0 Å². The van der Waals surface area contributed by atoms with Crippen molar-refractivity contribution < 1.29 is 0 Å². The first-order chi connectivity index (χ1) is 7.63. The minimum atomic E-state index is -0.715. The van der Waals surface area contributed by atoms with Crippen LogP contribution in [-0.4, -0.2) is 15.0 Å². The van der Waals surface area contributed by atoms with Gasteiger partial charge in [-0.2, -0.15) is 4.98 Å². The van der Waals surface area contributed by atoms with Crippen LogP contribution < -0.4 is 16.7 Å². The van der Waals surface area contributed by atoms with Crippen LogP contribution in [0.3, 0.4) is 0 Å². The summed E-state index contributed by atoms with van der Waals surface area (Å²) in [5.41, 5.74) is -0.709. The maximum Gasteiger partial charge on any atom is 0.352 e. The van der Waals surface area contributed by atoms with E-state index in [1.54, 1.807) is 24.3 Å². The molecule has 0 radical (unpaired) electrons. The molecule has 2 aromatic rings. The van der Waals surface area contributed by atoms with Crippen LogP contribution in [0.4, 0.5) is 11.6 Å². The standard InChI is InChI=1S/C9H7ClN4O2/c10-5-2-1-3-6(4-5)11-7-12-8(15)14-9(16)13-7/h1-4H,(H3,11,12,13,14,15,16). The van der Waals surface area contributed by atoms with E-state index in [4.69, 9.17) is 11.6 Å². The molecule has 0 saturated carbocycles. The zero-order valence-electron chi connectivity index (χ0n) is 7.95. The van der Waals surface area contributed by atoms with Gasteiger partial charge in [0.1, 0.15) is 0 Å². The van der Waals surface area contributed by atoms with Crippen molar-refractivity contribution in [3.05, 3.63) is 50.3 Å². The van der Waals surface area contributed by atoms with Crippen molar-refractivity contribution in [3.8, 4) is 0 Å². The van der Waals surface area contributed by atoms with Crippen LogP contribution in [0.15, 0.2) is 33.9 Å². The molecule has 0 amide bonds. The minimum absolute atomic E-state index is 0.0658. The molecule has 0 aliphatic carbocycles. The SMILES string of the molecule is O=c1nc(Nc2cccc(Cl)c2)[nH]c(=O)[nH]1. The quantitative estimate of drug-likeness (QED) is 0.724. The lowest BCUT2D eigenvalue weighted by molar-refractivity contribution is 0.942. The van der Waals surface area contributed by atoms with Gasteiger partial charge in [0, 0.05) is 10.7 Å². The molecule has 16 heavy (non-hydrogen) atoms. The Kier molecular flexibility index (Phi) is 2.74. The predicted molar refractivity (Wildman–Crippen MR) is 60.2 cm³/mol. The van der Waals surface area contributed by atoms with Crippen LogP contribution in [0.2, 0.25) is 5.02 Å². The first-order valence-electron chi connectivity index (χ1n) is 4.37. The second-order valence-corrected chi connectivity index (χ2v) is 3.42. The predicted octanol–water partition coefficient (Wildman–Crippen LogP) is 0.855. The number of hydrogen-bond donors (Lipinski definition) is 3. The summed E-state index contributed by atoms with van der Waals surface area (Å²) in [6, 6.07) is 6.81. The van der Waals surface area contributed by atoms with Gasteiger partial charge in [0.25, 0.3) is 0 Å². The fourth-order valence-corrected chi connectivity index (χ4v) is 1.35. The zero-order valence-corrected chi connectivity index (χ0v) is 8.71. The molecule has 0 saturated heterocycles. The molecule has 0 aliphatic rings. The van der Waals surface area contributed by atoms with Gasteiger partial charge < -0.3 is 5.32 Å². The van der Waals surface area contributed by atoms with Crippen molar-refractivity contribution in [2.45, 2.75) is 0 Å². The maximum atomic E-state index is 11.0. The Bertz CT molecular complexity index is 591. The Morgan fingerprint density at radius 3 is 2.75 bits per heavy atom. The fraction of sp³-hybridized carbons (Fsp3) is 0. The summed E-state index contributed by atoms with van der Waals surface area (Å²) in [6.07, 6.45) is 0. The molecule has 0 bridgehead atoms. The lowest BCUT2D eigenvalue weighted by atomic mass is 10.3. The van der Waals surface area contributed by atoms with E-state index < -0.39 is 11.4 Å². The van der Waals surface area contributed by atoms with Gasteiger partial charge in [-0.15, -0.1) is 0 Å². The Morgan fingerprint density at radius 2 is 2.06 bits per heavy atom. The molecule has 0 atom stereocenters. The summed E-state index contributed by atoms with van der Waals surface area (Å²) in [4.78, 5) is 29.7. The number of nitrogens with zero attached hydrogens (tertiary/aromatic N) is 1. The van der Waals surface area contributed by atoms with Gasteiger partial charge >= 0.3 is 11.4 Å². The monoisotopic (exact) mass is 238 g/mol. The van der Waals surface area contributed by atoms with E-state index in [1.807, 2.05) is 4.98 Å². The van der Waals surface area contributed by atoms with Gasteiger partial charge in [0.2, 0.25) is 5.95 Å². The molecule has 1 heterocycles.